The Labute approximate surface area is 248 Å². The quantitative estimate of drug-likeness (QED) is 0.139. The minimum Gasteiger partial charge on any atom is -0.459 e. The van der Waals surface area contributed by atoms with E-state index in [9.17, 15) is 0 Å². The summed E-state index contributed by atoms with van der Waals surface area (Å²) in [5.41, 5.74) is 4.05. The molecule has 0 fully saturated rings. The molecule has 0 aliphatic rings. The van der Waals surface area contributed by atoms with Crippen LogP contribution in [0.2, 0.25) is 0 Å². The van der Waals surface area contributed by atoms with Crippen molar-refractivity contribution in [2.45, 2.75) is 6.92 Å². The molecule has 0 unspecified atom stereocenters. The normalized spacial score (nSPS) is 11.3. The third kappa shape index (κ3) is 3.80. The number of benzene rings is 4. The van der Waals surface area contributed by atoms with Crippen LogP contribution in [0, 0.1) is 25.6 Å². The van der Waals surface area contributed by atoms with Gasteiger partial charge in [0.05, 0.1) is 12.2 Å². The zero-order valence-electron chi connectivity index (χ0n) is 21.6. The summed E-state index contributed by atoms with van der Waals surface area (Å²) < 4.78 is 10.1. The molecule has 0 aliphatic heterocycles. The molecule has 8 aromatic rings. The zero-order valence-corrected chi connectivity index (χ0v) is 23.8. The Bertz CT molecular complexity index is 2290. The average Bonchev–Trinajstić information content (AvgIpc) is 3.55. The Morgan fingerprint density at radius 2 is 1.66 bits per heavy atom. The zero-order chi connectivity index (χ0) is 26.8. The van der Waals surface area contributed by atoms with Gasteiger partial charge in [-0.1, -0.05) is 59.4 Å². The number of pyridine rings is 2. The molecule has 0 amide bonds. The molecule has 0 aliphatic carbocycles. The van der Waals surface area contributed by atoms with Crippen LogP contribution in [-0.4, -0.2) is 24.1 Å². The largest absolute Gasteiger partial charge is 2.00 e. The van der Waals surface area contributed by atoms with Gasteiger partial charge in [0.25, 0.3) is 0 Å². The number of hydrogen-bond acceptors (Lipinski definition) is 4. The Morgan fingerprint density at radius 3 is 2.56 bits per heavy atom. The smallest absolute Gasteiger partial charge is 0.459 e. The van der Waals surface area contributed by atoms with E-state index >= 15 is 0 Å². The number of fused-ring (bicyclic) bond motifs is 9. The van der Waals surface area contributed by atoms with Crippen molar-refractivity contribution in [2.75, 3.05) is 0 Å². The molecule has 0 N–H and O–H groups in total. The van der Waals surface area contributed by atoms with Crippen molar-refractivity contribution in [3.05, 3.63) is 120 Å². The fraction of sp³-hybridized carbons (Fsp3) is 0.0303. The Kier molecular flexibility index (Phi) is 5.81. The van der Waals surface area contributed by atoms with E-state index in [4.69, 9.17) is 16.3 Å². The van der Waals surface area contributed by atoms with Gasteiger partial charge >= 0.3 is 21.1 Å². The van der Waals surface area contributed by atoms with Gasteiger partial charge in [-0.3, -0.25) is 9.50 Å². The Balaban J connectivity index is 0.00000276. The molecule has 8 rings (SSSR count). The molecule has 0 bridgehead atoms. The third-order valence-electron chi connectivity index (χ3n) is 7.14. The number of nitrogens with zero attached hydrogens (tertiary/aromatic N) is 6. The van der Waals surface area contributed by atoms with E-state index in [1.54, 1.807) is 4.52 Å². The molecule has 0 atom stereocenters. The van der Waals surface area contributed by atoms with Gasteiger partial charge in [0.2, 0.25) is 5.88 Å². The van der Waals surface area contributed by atoms with Crippen molar-refractivity contribution in [3.8, 4) is 17.4 Å². The minimum atomic E-state index is 0. The maximum Gasteiger partial charge on any atom is 2.00 e. The minimum absolute atomic E-state index is 0. The molecule has 4 heterocycles. The molecular formula is C33H18N6OPt. The van der Waals surface area contributed by atoms with E-state index in [0.29, 0.717) is 28.8 Å². The first-order chi connectivity index (χ1) is 19.7. The third-order valence-corrected chi connectivity index (χ3v) is 7.14. The topological polar surface area (TPSA) is 61.6 Å². The van der Waals surface area contributed by atoms with Gasteiger partial charge in [0.15, 0.2) is 5.69 Å². The molecule has 0 saturated heterocycles. The van der Waals surface area contributed by atoms with Crippen LogP contribution in [0.4, 0.5) is 5.69 Å². The molecule has 41 heavy (non-hydrogen) atoms. The van der Waals surface area contributed by atoms with Gasteiger partial charge in [0.1, 0.15) is 11.6 Å². The Morgan fingerprint density at radius 1 is 0.829 bits per heavy atom. The summed E-state index contributed by atoms with van der Waals surface area (Å²) in [5.74, 6) is 2.30. The van der Waals surface area contributed by atoms with Crippen molar-refractivity contribution >= 4 is 54.8 Å². The molecular weight excluding hydrogens is 691 g/mol. The predicted molar refractivity (Wildman–Crippen MR) is 155 cm³/mol. The van der Waals surface area contributed by atoms with Crippen LogP contribution in [0.1, 0.15) is 5.82 Å². The van der Waals surface area contributed by atoms with E-state index in [-0.39, 0.29) is 21.1 Å². The fourth-order valence-electron chi connectivity index (χ4n) is 5.52. The van der Waals surface area contributed by atoms with E-state index in [1.807, 2.05) is 79.7 Å². The number of para-hydroxylation sites is 2. The van der Waals surface area contributed by atoms with Crippen LogP contribution >= 0.6 is 0 Å². The molecule has 196 valence electrons. The van der Waals surface area contributed by atoms with E-state index < -0.39 is 0 Å². The fourth-order valence-corrected chi connectivity index (χ4v) is 5.52. The van der Waals surface area contributed by atoms with Gasteiger partial charge < -0.3 is 9.30 Å². The van der Waals surface area contributed by atoms with Crippen LogP contribution in [0.25, 0.3) is 59.8 Å². The average molecular weight is 710 g/mol. The van der Waals surface area contributed by atoms with Crippen molar-refractivity contribution in [1.82, 2.24) is 24.1 Å². The Hall–Kier alpha value is -5.05. The second-order valence-electron chi connectivity index (χ2n) is 9.51. The molecule has 0 spiro atoms. The number of aryl methyl sites for hydroxylation is 1. The number of rotatable bonds is 3. The molecule has 4 aromatic carbocycles. The van der Waals surface area contributed by atoms with Gasteiger partial charge in [-0.05, 0) is 35.9 Å². The summed E-state index contributed by atoms with van der Waals surface area (Å²) in [6, 6.07) is 36.2. The van der Waals surface area contributed by atoms with Crippen molar-refractivity contribution in [3.63, 3.8) is 0 Å². The van der Waals surface area contributed by atoms with E-state index in [2.05, 4.69) is 49.8 Å². The first kappa shape index (κ1) is 25.0. The van der Waals surface area contributed by atoms with E-state index in [1.165, 1.54) is 0 Å². The van der Waals surface area contributed by atoms with Crippen LogP contribution < -0.4 is 4.74 Å². The van der Waals surface area contributed by atoms with Crippen molar-refractivity contribution < 1.29 is 25.8 Å². The summed E-state index contributed by atoms with van der Waals surface area (Å²) in [6.45, 7) is 9.57. The van der Waals surface area contributed by atoms with Crippen LogP contribution in [-0.2, 0) is 21.1 Å². The number of ether oxygens (including phenoxy) is 1. The molecule has 0 saturated carbocycles. The predicted octanol–water partition coefficient (Wildman–Crippen LogP) is 7.78. The van der Waals surface area contributed by atoms with Gasteiger partial charge in [-0.15, -0.1) is 16.8 Å². The first-order valence-electron chi connectivity index (χ1n) is 12.8. The summed E-state index contributed by atoms with van der Waals surface area (Å²) in [6.07, 6.45) is 0. The van der Waals surface area contributed by atoms with Gasteiger partial charge in [-0.2, -0.15) is 34.3 Å². The van der Waals surface area contributed by atoms with Gasteiger partial charge in [-0.25, -0.2) is 4.85 Å². The maximum absolute atomic E-state index is 7.72. The monoisotopic (exact) mass is 709 g/mol. The number of aromatic nitrogens is 5. The molecule has 8 heteroatoms. The SMILES string of the molecule is [C-]#[N+]c1cccc2c1c1ccc(Oc3cccc(-n4c5[c-]cccc5c5ccccc54)n3)[c-]c1c1nc(C)nn21.[Pt+2]. The van der Waals surface area contributed by atoms with E-state index in [0.717, 1.165) is 49.3 Å². The summed E-state index contributed by atoms with van der Waals surface area (Å²) in [5, 5.41) is 9.27. The standard InChI is InChI=1S/C33H18N6O.Pt/c1-20-35-33-25-19-21(17-18-24(25)32-26(34-2)11-7-14-29(32)39(33)37-20)40-31-16-8-15-30(36-31)38-27-12-5-3-9-22(27)23-10-4-6-13-28(23)38;/h3-12,14-18H,1H3;/q-2;+2. The summed E-state index contributed by atoms with van der Waals surface area (Å²) in [4.78, 5) is 13.3. The summed E-state index contributed by atoms with van der Waals surface area (Å²) in [7, 11) is 0. The van der Waals surface area contributed by atoms with Crippen molar-refractivity contribution in [2.24, 2.45) is 0 Å². The van der Waals surface area contributed by atoms with Crippen molar-refractivity contribution in [1.29, 1.82) is 0 Å². The summed E-state index contributed by atoms with van der Waals surface area (Å²) >= 11 is 0. The molecule has 4 aromatic heterocycles. The van der Waals surface area contributed by atoms with Crippen LogP contribution in [0.5, 0.6) is 11.6 Å². The van der Waals surface area contributed by atoms with Gasteiger partial charge in [0, 0.05) is 22.8 Å². The van der Waals surface area contributed by atoms with Crippen LogP contribution in [0.3, 0.4) is 0 Å². The second-order valence-corrected chi connectivity index (χ2v) is 9.51. The molecule has 7 nitrogen and oxygen atoms in total. The number of hydrogen-bond donors (Lipinski definition) is 0. The first-order valence-corrected chi connectivity index (χ1v) is 12.8. The second kappa shape index (κ2) is 9.55. The molecule has 0 radical (unpaired) electrons. The van der Waals surface area contributed by atoms with Crippen LogP contribution in [0.15, 0.2) is 91.0 Å². The maximum atomic E-state index is 7.72.